The third-order valence-electron chi connectivity index (χ3n) is 4.92. The van der Waals surface area contributed by atoms with Crippen LogP contribution in [0.2, 0.25) is 10.0 Å². The molecule has 0 aliphatic rings. The molecule has 3 rings (SSSR count). The van der Waals surface area contributed by atoms with Gasteiger partial charge in [-0.15, -0.1) is 0 Å². The number of methoxy groups -OCH3 is 1. The molecule has 0 aliphatic heterocycles. The molecule has 0 unspecified atom stereocenters. The number of aryl methyl sites for hydroxylation is 1. The molecule has 0 saturated heterocycles. The van der Waals surface area contributed by atoms with Gasteiger partial charge in [-0.05, 0) is 25.1 Å². The van der Waals surface area contributed by atoms with Gasteiger partial charge in [0.1, 0.15) is 5.56 Å². The molecule has 0 atom stereocenters. The van der Waals surface area contributed by atoms with E-state index in [0.717, 1.165) is 0 Å². The van der Waals surface area contributed by atoms with Gasteiger partial charge < -0.3 is 14.4 Å². The Balaban J connectivity index is 2.50. The maximum atomic E-state index is 13.5. The van der Waals surface area contributed by atoms with E-state index in [-0.39, 0.29) is 16.3 Å². The Morgan fingerprint density at radius 1 is 1.23 bits per heavy atom. The van der Waals surface area contributed by atoms with Crippen molar-refractivity contribution in [3.8, 4) is 22.5 Å². The van der Waals surface area contributed by atoms with Crippen LogP contribution in [-0.2, 0) is 24.8 Å². The fraction of sp³-hybridized carbons (Fsp3) is 0.286. The van der Waals surface area contributed by atoms with Crippen molar-refractivity contribution >= 4 is 29.2 Å². The topological polar surface area (TPSA) is 86.4 Å². The lowest BCUT2D eigenvalue weighted by molar-refractivity contribution is 0.0695. The lowest BCUT2D eigenvalue weighted by Crippen LogP contribution is -2.27. The Bertz CT molecular complexity index is 1170. The fourth-order valence-electron chi connectivity index (χ4n) is 3.60. The number of carbonyl (C=O) groups is 1. The lowest BCUT2D eigenvalue weighted by Gasteiger charge is -2.23. The predicted molar refractivity (Wildman–Crippen MR) is 117 cm³/mol. The summed E-state index contributed by atoms with van der Waals surface area (Å²) in [7, 11) is 3.28. The first-order chi connectivity index (χ1) is 14.3. The number of pyridine rings is 1. The summed E-state index contributed by atoms with van der Waals surface area (Å²) in [5, 5.41) is 14.7. The quantitative estimate of drug-likeness (QED) is 0.585. The highest BCUT2D eigenvalue weighted by molar-refractivity contribution is 6.42. The molecule has 2 heterocycles. The average molecular weight is 450 g/mol. The van der Waals surface area contributed by atoms with Gasteiger partial charge in [-0.25, -0.2) is 4.79 Å². The SMILES string of the molecule is CCn1c(CCOC)c(-c2ccnn2C)c(=O)c(C(=O)O)c1-c1ccc(Cl)c(Cl)c1. The number of halogens is 2. The summed E-state index contributed by atoms with van der Waals surface area (Å²) in [5.41, 5.74) is 1.38. The average Bonchev–Trinajstić information content (AvgIpc) is 3.12. The van der Waals surface area contributed by atoms with Crippen molar-refractivity contribution in [2.45, 2.75) is 19.9 Å². The fourth-order valence-corrected chi connectivity index (χ4v) is 3.90. The molecule has 1 N–H and O–H groups in total. The van der Waals surface area contributed by atoms with E-state index < -0.39 is 11.4 Å². The number of benzene rings is 1. The largest absolute Gasteiger partial charge is 0.477 e. The van der Waals surface area contributed by atoms with E-state index in [2.05, 4.69) is 5.10 Å². The molecule has 0 aliphatic carbocycles. The monoisotopic (exact) mass is 449 g/mol. The van der Waals surface area contributed by atoms with Gasteiger partial charge in [-0.2, -0.15) is 5.10 Å². The third kappa shape index (κ3) is 3.88. The Labute approximate surface area is 183 Å². The molecule has 30 heavy (non-hydrogen) atoms. The summed E-state index contributed by atoms with van der Waals surface area (Å²) >= 11 is 12.2. The van der Waals surface area contributed by atoms with Crippen LogP contribution in [0.4, 0.5) is 0 Å². The van der Waals surface area contributed by atoms with Crippen molar-refractivity contribution < 1.29 is 14.6 Å². The summed E-state index contributed by atoms with van der Waals surface area (Å²) < 4.78 is 8.63. The Hall–Kier alpha value is -2.61. The molecular formula is C21H21Cl2N3O4. The minimum absolute atomic E-state index is 0.273. The molecule has 9 heteroatoms. The molecule has 0 bridgehead atoms. The number of rotatable bonds is 7. The summed E-state index contributed by atoms with van der Waals surface area (Å²) in [4.78, 5) is 25.8. The third-order valence-corrected chi connectivity index (χ3v) is 5.66. The minimum atomic E-state index is -1.31. The summed E-state index contributed by atoms with van der Waals surface area (Å²) in [6, 6.07) is 6.50. The van der Waals surface area contributed by atoms with Crippen LogP contribution >= 0.6 is 23.2 Å². The second kappa shape index (κ2) is 9.04. The number of carboxylic acid groups (broad SMARTS) is 1. The Morgan fingerprint density at radius 2 is 1.97 bits per heavy atom. The van der Waals surface area contributed by atoms with Gasteiger partial charge >= 0.3 is 5.97 Å². The smallest absolute Gasteiger partial charge is 0.341 e. The van der Waals surface area contributed by atoms with E-state index in [1.54, 1.807) is 49.3 Å². The molecule has 0 radical (unpaired) electrons. The van der Waals surface area contributed by atoms with Crippen molar-refractivity contribution in [2.75, 3.05) is 13.7 Å². The summed E-state index contributed by atoms with van der Waals surface area (Å²) in [6.45, 7) is 2.68. The van der Waals surface area contributed by atoms with Crippen LogP contribution in [-0.4, -0.2) is 39.1 Å². The number of nitrogens with zero attached hydrogens (tertiary/aromatic N) is 3. The van der Waals surface area contributed by atoms with Crippen molar-refractivity contribution in [3.63, 3.8) is 0 Å². The van der Waals surface area contributed by atoms with Crippen molar-refractivity contribution in [1.82, 2.24) is 14.3 Å². The zero-order valence-electron chi connectivity index (χ0n) is 16.8. The second-order valence-corrected chi connectivity index (χ2v) is 7.45. The van der Waals surface area contributed by atoms with Crippen molar-refractivity contribution in [1.29, 1.82) is 0 Å². The normalized spacial score (nSPS) is 11.1. The Kier molecular flexibility index (Phi) is 6.65. The van der Waals surface area contributed by atoms with E-state index in [0.29, 0.717) is 47.1 Å². The van der Waals surface area contributed by atoms with Crippen LogP contribution in [0.3, 0.4) is 0 Å². The molecule has 0 fully saturated rings. The van der Waals surface area contributed by atoms with Crippen LogP contribution in [0.15, 0.2) is 35.3 Å². The highest BCUT2D eigenvalue weighted by atomic mass is 35.5. The van der Waals surface area contributed by atoms with Gasteiger partial charge in [0.05, 0.1) is 33.6 Å². The predicted octanol–water partition coefficient (Wildman–Crippen LogP) is 4.13. The molecule has 1 aromatic carbocycles. The highest BCUT2D eigenvalue weighted by Gasteiger charge is 2.28. The van der Waals surface area contributed by atoms with Crippen LogP contribution < -0.4 is 5.43 Å². The second-order valence-electron chi connectivity index (χ2n) is 6.64. The van der Waals surface area contributed by atoms with E-state index in [1.807, 2.05) is 11.5 Å². The van der Waals surface area contributed by atoms with E-state index >= 15 is 0 Å². The van der Waals surface area contributed by atoms with Crippen LogP contribution in [0, 0.1) is 0 Å². The summed E-state index contributed by atoms with van der Waals surface area (Å²) in [5.74, 6) is -1.31. The molecule has 0 saturated carbocycles. The maximum Gasteiger partial charge on any atom is 0.341 e. The number of ether oxygens (including phenoxy) is 1. The molecule has 0 amide bonds. The molecule has 3 aromatic rings. The van der Waals surface area contributed by atoms with Gasteiger partial charge in [0.2, 0.25) is 5.43 Å². The zero-order chi connectivity index (χ0) is 22.0. The van der Waals surface area contributed by atoms with Gasteiger partial charge in [0.25, 0.3) is 0 Å². The van der Waals surface area contributed by atoms with Crippen LogP contribution in [0.25, 0.3) is 22.5 Å². The number of aromatic carboxylic acids is 1. The maximum absolute atomic E-state index is 13.5. The van der Waals surface area contributed by atoms with Crippen LogP contribution in [0.5, 0.6) is 0 Å². The molecule has 7 nitrogen and oxygen atoms in total. The van der Waals surface area contributed by atoms with Crippen LogP contribution in [0.1, 0.15) is 23.0 Å². The highest BCUT2D eigenvalue weighted by Crippen LogP contribution is 2.33. The number of hydrogen-bond acceptors (Lipinski definition) is 4. The molecular weight excluding hydrogens is 429 g/mol. The van der Waals surface area contributed by atoms with E-state index in [1.165, 1.54) is 0 Å². The minimum Gasteiger partial charge on any atom is -0.477 e. The Morgan fingerprint density at radius 3 is 2.50 bits per heavy atom. The van der Waals surface area contributed by atoms with Gasteiger partial charge in [0, 0.05) is 44.6 Å². The van der Waals surface area contributed by atoms with E-state index in [4.69, 9.17) is 27.9 Å². The molecule has 0 spiro atoms. The van der Waals surface area contributed by atoms with Gasteiger partial charge in [0.15, 0.2) is 0 Å². The summed E-state index contributed by atoms with van der Waals surface area (Å²) in [6.07, 6.45) is 1.98. The van der Waals surface area contributed by atoms with Crippen molar-refractivity contribution in [3.05, 3.63) is 62.0 Å². The number of carboxylic acids is 1. The number of hydrogen-bond donors (Lipinski definition) is 1. The number of aromatic nitrogens is 3. The van der Waals surface area contributed by atoms with Gasteiger partial charge in [-0.3, -0.25) is 9.48 Å². The standard InChI is InChI=1S/C21H21Cl2N3O4/c1-4-26-16(8-10-30-3)17(15-7-9-24-25(15)2)20(27)18(21(28)29)19(26)12-5-6-13(22)14(23)11-12/h5-7,9,11H,4,8,10H2,1-3H3,(H,28,29). The van der Waals surface area contributed by atoms with E-state index in [9.17, 15) is 14.7 Å². The lowest BCUT2D eigenvalue weighted by atomic mass is 9.97. The molecule has 158 valence electrons. The first-order valence-electron chi connectivity index (χ1n) is 9.27. The van der Waals surface area contributed by atoms with Crippen molar-refractivity contribution in [2.24, 2.45) is 7.05 Å². The first-order valence-corrected chi connectivity index (χ1v) is 10.0. The first kappa shape index (κ1) is 22.1. The molecule has 2 aromatic heterocycles. The van der Waals surface area contributed by atoms with Gasteiger partial charge in [-0.1, -0.05) is 29.3 Å². The zero-order valence-corrected chi connectivity index (χ0v) is 18.3.